The van der Waals surface area contributed by atoms with Crippen LogP contribution < -0.4 is 0 Å². The van der Waals surface area contributed by atoms with Gasteiger partial charge < -0.3 is 4.74 Å². The molecule has 1 aliphatic rings. The summed E-state index contributed by atoms with van der Waals surface area (Å²) in [6.45, 7) is 0. The number of hydrogen-bond donors (Lipinski definition) is 0. The van der Waals surface area contributed by atoms with Crippen molar-refractivity contribution in [2.45, 2.75) is 18.8 Å². The molecule has 0 unspecified atom stereocenters. The molecule has 1 fully saturated rings. The standard InChI is InChI=1S/C14H16N2O4S/c1-20-14(17)12-3-2-4-13-15-11(9-16(12)13)10-5-7-21(18,19)8-6-10/h2-4,9-10H,5-8H2,1H3. The molecule has 0 spiro atoms. The van der Waals surface area contributed by atoms with Gasteiger partial charge in [0.25, 0.3) is 0 Å². The summed E-state index contributed by atoms with van der Waals surface area (Å²) in [5.41, 5.74) is 1.92. The number of pyridine rings is 1. The van der Waals surface area contributed by atoms with Gasteiger partial charge >= 0.3 is 5.97 Å². The van der Waals surface area contributed by atoms with Gasteiger partial charge in [-0.25, -0.2) is 18.2 Å². The summed E-state index contributed by atoms with van der Waals surface area (Å²) in [4.78, 5) is 16.3. The number of aromatic nitrogens is 2. The average Bonchev–Trinajstić information content (AvgIpc) is 2.90. The number of methoxy groups -OCH3 is 1. The first-order valence-electron chi connectivity index (χ1n) is 6.77. The molecule has 0 amide bonds. The van der Waals surface area contributed by atoms with Gasteiger partial charge in [-0.1, -0.05) is 6.07 Å². The highest BCUT2D eigenvalue weighted by Crippen LogP contribution is 2.29. The van der Waals surface area contributed by atoms with E-state index in [1.807, 2.05) is 12.3 Å². The quantitative estimate of drug-likeness (QED) is 0.784. The van der Waals surface area contributed by atoms with E-state index in [1.54, 1.807) is 16.5 Å². The summed E-state index contributed by atoms with van der Waals surface area (Å²) in [5.74, 6) is 0.111. The molecule has 3 heterocycles. The molecule has 0 atom stereocenters. The smallest absolute Gasteiger partial charge is 0.355 e. The molecular formula is C14H16N2O4S. The number of esters is 1. The number of hydrogen-bond acceptors (Lipinski definition) is 5. The molecule has 2 aromatic heterocycles. The van der Waals surface area contributed by atoms with Crippen LogP contribution in [-0.2, 0) is 14.6 Å². The monoisotopic (exact) mass is 308 g/mol. The molecule has 0 saturated carbocycles. The van der Waals surface area contributed by atoms with Gasteiger partial charge in [0.15, 0.2) is 0 Å². The molecule has 112 valence electrons. The highest BCUT2D eigenvalue weighted by atomic mass is 32.2. The van der Waals surface area contributed by atoms with Gasteiger partial charge in [-0.2, -0.15) is 0 Å². The predicted molar refractivity (Wildman–Crippen MR) is 77.2 cm³/mol. The van der Waals surface area contributed by atoms with E-state index in [1.165, 1.54) is 7.11 Å². The minimum atomic E-state index is -2.89. The van der Waals surface area contributed by atoms with E-state index >= 15 is 0 Å². The lowest BCUT2D eigenvalue weighted by Crippen LogP contribution is -2.22. The van der Waals surface area contributed by atoms with Crippen LogP contribution in [0.4, 0.5) is 0 Å². The molecule has 21 heavy (non-hydrogen) atoms. The lowest BCUT2D eigenvalue weighted by Gasteiger charge is -2.19. The maximum Gasteiger partial charge on any atom is 0.355 e. The molecule has 3 rings (SSSR count). The number of fused-ring (bicyclic) bond motifs is 1. The van der Waals surface area contributed by atoms with E-state index in [9.17, 15) is 13.2 Å². The lowest BCUT2D eigenvalue weighted by atomic mass is 10.00. The zero-order valence-electron chi connectivity index (χ0n) is 11.7. The molecule has 0 N–H and O–H groups in total. The number of ether oxygens (including phenoxy) is 1. The molecular weight excluding hydrogens is 292 g/mol. The fourth-order valence-electron chi connectivity index (χ4n) is 2.68. The van der Waals surface area contributed by atoms with Crippen LogP contribution in [0.1, 0.15) is 34.9 Å². The highest BCUT2D eigenvalue weighted by Gasteiger charge is 2.26. The van der Waals surface area contributed by atoms with Crippen LogP contribution in [-0.4, -0.2) is 42.4 Å². The molecule has 2 aromatic rings. The Kier molecular flexibility index (Phi) is 3.44. The van der Waals surface area contributed by atoms with Crippen LogP contribution in [0.25, 0.3) is 5.65 Å². The maximum atomic E-state index is 11.7. The number of imidazole rings is 1. The summed E-state index contributed by atoms with van der Waals surface area (Å²) >= 11 is 0. The Morgan fingerprint density at radius 2 is 2.05 bits per heavy atom. The molecule has 0 bridgehead atoms. The third-order valence-corrected chi connectivity index (χ3v) is 5.59. The molecule has 7 heteroatoms. The van der Waals surface area contributed by atoms with Gasteiger partial charge in [0.05, 0.1) is 24.3 Å². The van der Waals surface area contributed by atoms with E-state index in [0.29, 0.717) is 24.2 Å². The Labute approximate surface area is 122 Å². The van der Waals surface area contributed by atoms with Crippen LogP contribution in [0.2, 0.25) is 0 Å². The first-order valence-corrected chi connectivity index (χ1v) is 8.59. The number of sulfone groups is 1. The second-order valence-corrected chi connectivity index (χ2v) is 7.53. The Balaban J connectivity index is 1.97. The number of carbonyl (C=O) groups excluding carboxylic acids is 1. The van der Waals surface area contributed by atoms with Crippen molar-refractivity contribution < 1.29 is 17.9 Å². The summed E-state index contributed by atoms with van der Waals surface area (Å²) < 4.78 is 29.4. The topological polar surface area (TPSA) is 77.7 Å². The van der Waals surface area contributed by atoms with Gasteiger partial charge in [0, 0.05) is 12.1 Å². The SMILES string of the molecule is COC(=O)c1cccc2nc(C3CCS(=O)(=O)CC3)cn12. The van der Waals surface area contributed by atoms with Crippen molar-refractivity contribution in [2.24, 2.45) is 0 Å². The van der Waals surface area contributed by atoms with Crippen LogP contribution >= 0.6 is 0 Å². The van der Waals surface area contributed by atoms with E-state index < -0.39 is 15.8 Å². The number of rotatable bonds is 2. The molecule has 1 aliphatic heterocycles. The minimum absolute atomic E-state index is 0.124. The van der Waals surface area contributed by atoms with E-state index in [4.69, 9.17) is 4.74 Å². The fraction of sp³-hybridized carbons (Fsp3) is 0.429. The minimum Gasteiger partial charge on any atom is -0.464 e. The molecule has 1 saturated heterocycles. The van der Waals surface area contributed by atoms with E-state index in [2.05, 4.69) is 4.98 Å². The van der Waals surface area contributed by atoms with Gasteiger partial charge in [0.1, 0.15) is 21.2 Å². The molecule has 6 nitrogen and oxygen atoms in total. The molecule has 0 aromatic carbocycles. The number of nitrogens with zero attached hydrogens (tertiary/aromatic N) is 2. The van der Waals surface area contributed by atoms with E-state index in [0.717, 1.165) is 5.69 Å². The molecule has 0 aliphatic carbocycles. The molecule has 0 radical (unpaired) electrons. The zero-order chi connectivity index (χ0) is 15.0. The summed E-state index contributed by atoms with van der Waals surface area (Å²) in [7, 11) is -1.55. The zero-order valence-corrected chi connectivity index (χ0v) is 12.5. The van der Waals surface area contributed by atoms with Crippen LogP contribution in [0.15, 0.2) is 24.4 Å². The van der Waals surface area contributed by atoms with Crippen molar-refractivity contribution in [3.05, 3.63) is 35.8 Å². The van der Waals surface area contributed by atoms with Crippen molar-refractivity contribution in [3.63, 3.8) is 0 Å². The third kappa shape index (κ3) is 2.65. The lowest BCUT2D eigenvalue weighted by molar-refractivity contribution is 0.0592. The summed E-state index contributed by atoms with van der Waals surface area (Å²) in [5, 5.41) is 0. The van der Waals surface area contributed by atoms with Crippen LogP contribution in [0.3, 0.4) is 0 Å². The highest BCUT2D eigenvalue weighted by molar-refractivity contribution is 7.91. The first-order chi connectivity index (χ1) is 10.00. The number of carbonyl (C=O) groups is 1. The largest absolute Gasteiger partial charge is 0.464 e. The average molecular weight is 308 g/mol. The Morgan fingerprint density at radius 1 is 1.33 bits per heavy atom. The Morgan fingerprint density at radius 3 is 2.71 bits per heavy atom. The van der Waals surface area contributed by atoms with Crippen molar-refractivity contribution in [2.75, 3.05) is 18.6 Å². The Bertz CT molecular complexity index is 780. The van der Waals surface area contributed by atoms with E-state index in [-0.39, 0.29) is 17.4 Å². The van der Waals surface area contributed by atoms with Crippen molar-refractivity contribution in [1.29, 1.82) is 0 Å². The van der Waals surface area contributed by atoms with Gasteiger partial charge in [-0.3, -0.25) is 4.40 Å². The van der Waals surface area contributed by atoms with Gasteiger partial charge in [-0.15, -0.1) is 0 Å². The van der Waals surface area contributed by atoms with Gasteiger partial charge in [0.2, 0.25) is 0 Å². The summed E-state index contributed by atoms with van der Waals surface area (Å²) in [6.07, 6.45) is 2.98. The fourth-order valence-corrected chi connectivity index (χ4v) is 4.17. The first kappa shape index (κ1) is 14.1. The second kappa shape index (κ2) is 5.14. The maximum absolute atomic E-state index is 11.7. The normalized spacial score (nSPS) is 18.7. The van der Waals surface area contributed by atoms with Gasteiger partial charge in [-0.05, 0) is 25.0 Å². The third-order valence-electron chi connectivity index (χ3n) is 3.88. The predicted octanol–water partition coefficient (Wildman–Crippen LogP) is 1.41. The Hall–Kier alpha value is -1.89. The summed E-state index contributed by atoms with van der Waals surface area (Å²) in [6, 6.07) is 5.24. The van der Waals surface area contributed by atoms with Crippen molar-refractivity contribution >= 4 is 21.5 Å². The van der Waals surface area contributed by atoms with Crippen molar-refractivity contribution in [3.8, 4) is 0 Å². The van der Waals surface area contributed by atoms with Crippen molar-refractivity contribution in [1.82, 2.24) is 9.38 Å². The second-order valence-electron chi connectivity index (χ2n) is 5.22. The van der Waals surface area contributed by atoms with Crippen LogP contribution in [0, 0.1) is 0 Å². The van der Waals surface area contributed by atoms with Crippen LogP contribution in [0.5, 0.6) is 0 Å².